The van der Waals surface area contributed by atoms with E-state index in [4.69, 9.17) is 4.74 Å². The fourth-order valence-corrected chi connectivity index (χ4v) is 1.89. The topological polar surface area (TPSA) is 52.0 Å². The van der Waals surface area contributed by atoms with E-state index in [1.807, 2.05) is 29.1 Å². The molecule has 0 saturated heterocycles. The van der Waals surface area contributed by atoms with Crippen LogP contribution in [-0.4, -0.2) is 21.3 Å². The molecule has 0 aliphatic rings. The molecule has 20 heavy (non-hydrogen) atoms. The van der Waals surface area contributed by atoms with Crippen molar-refractivity contribution in [2.75, 3.05) is 6.54 Å². The largest absolute Gasteiger partial charge is 0.484 e. The van der Waals surface area contributed by atoms with E-state index in [1.165, 1.54) is 0 Å². The van der Waals surface area contributed by atoms with Crippen molar-refractivity contribution in [3.05, 3.63) is 42.0 Å². The lowest BCUT2D eigenvalue weighted by molar-refractivity contribution is 0.300. The van der Waals surface area contributed by atoms with E-state index in [2.05, 4.69) is 29.2 Å². The van der Waals surface area contributed by atoms with Gasteiger partial charge in [0.15, 0.2) is 5.75 Å². The van der Waals surface area contributed by atoms with Crippen LogP contribution in [0.4, 0.5) is 0 Å². The molecule has 0 radical (unpaired) electrons. The van der Waals surface area contributed by atoms with Crippen molar-refractivity contribution < 1.29 is 4.74 Å². The minimum atomic E-state index is 0.470. The number of hydrogen-bond acceptors (Lipinski definition) is 4. The zero-order chi connectivity index (χ0) is 14.2. The second-order valence-electron chi connectivity index (χ2n) is 4.63. The van der Waals surface area contributed by atoms with Crippen LogP contribution in [0.15, 0.2) is 30.6 Å². The highest BCUT2D eigenvalue weighted by atomic mass is 16.5. The highest BCUT2D eigenvalue weighted by Crippen LogP contribution is 2.11. The van der Waals surface area contributed by atoms with Crippen LogP contribution in [0.25, 0.3) is 0 Å². The molecule has 5 nitrogen and oxygen atoms in total. The Balaban J connectivity index is 1.89. The Hall–Kier alpha value is -1.88. The smallest absolute Gasteiger partial charge is 0.157 e. The van der Waals surface area contributed by atoms with Crippen molar-refractivity contribution >= 4 is 0 Å². The lowest BCUT2D eigenvalue weighted by atomic mass is 10.3. The van der Waals surface area contributed by atoms with Gasteiger partial charge < -0.3 is 10.1 Å². The first-order valence-electron chi connectivity index (χ1n) is 7.12. The van der Waals surface area contributed by atoms with Gasteiger partial charge in [-0.1, -0.05) is 19.9 Å². The van der Waals surface area contributed by atoms with Crippen molar-refractivity contribution in [2.45, 2.75) is 40.0 Å². The number of nitrogens with zero attached hydrogens (tertiary/aromatic N) is 3. The minimum absolute atomic E-state index is 0.470. The zero-order valence-corrected chi connectivity index (χ0v) is 12.2. The molecule has 0 amide bonds. The summed E-state index contributed by atoms with van der Waals surface area (Å²) >= 11 is 0. The molecule has 0 aliphatic carbocycles. The lowest BCUT2D eigenvalue weighted by Gasteiger charge is -2.06. The molecule has 0 atom stereocenters. The van der Waals surface area contributed by atoms with Crippen LogP contribution < -0.4 is 10.1 Å². The molecule has 1 N–H and O–H groups in total. The Morgan fingerprint density at radius 1 is 1.25 bits per heavy atom. The van der Waals surface area contributed by atoms with Crippen molar-refractivity contribution in [1.29, 1.82) is 0 Å². The maximum absolute atomic E-state index is 5.71. The molecule has 0 spiro atoms. The Morgan fingerprint density at radius 2 is 2.10 bits per heavy atom. The molecule has 0 aromatic carbocycles. The van der Waals surface area contributed by atoms with Gasteiger partial charge in [0.25, 0.3) is 0 Å². The van der Waals surface area contributed by atoms with E-state index in [1.54, 1.807) is 6.20 Å². The van der Waals surface area contributed by atoms with Crippen LogP contribution in [0, 0.1) is 0 Å². The maximum atomic E-state index is 5.71. The van der Waals surface area contributed by atoms with Gasteiger partial charge in [-0.05, 0) is 25.1 Å². The molecule has 0 unspecified atom stereocenters. The van der Waals surface area contributed by atoms with Gasteiger partial charge in [0.05, 0.1) is 23.8 Å². The average Bonchev–Trinajstić information content (AvgIpc) is 2.92. The summed E-state index contributed by atoms with van der Waals surface area (Å²) in [6, 6.07) is 6.01. The van der Waals surface area contributed by atoms with Crippen LogP contribution in [-0.2, 0) is 19.7 Å². The summed E-state index contributed by atoms with van der Waals surface area (Å²) in [6.07, 6.45) is 4.74. The first kappa shape index (κ1) is 14.5. The van der Waals surface area contributed by atoms with Crippen LogP contribution in [0.1, 0.15) is 31.7 Å². The van der Waals surface area contributed by atoms with Gasteiger partial charge in [-0.15, -0.1) is 0 Å². The van der Waals surface area contributed by atoms with E-state index in [0.29, 0.717) is 6.61 Å². The third-order valence-corrected chi connectivity index (χ3v) is 2.87. The zero-order valence-electron chi connectivity index (χ0n) is 12.2. The van der Waals surface area contributed by atoms with Gasteiger partial charge in [0.2, 0.25) is 0 Å². The lowest BCUT2D eigenvalue weighted by Crippen LogP contribution is -2.13. The minimum Gasteiger partial charge on any atom is -0.484 e. The number of aromatic nitrogens is 3. The van der Waals surface area contributed by atoms with Crippen molar-refractivity contribution in [2.24, 2.45) is 0 Å². The van der Waals surface area contributed by atoms with Crippen molar-refractivity contribution in [1.82, 2.24) is 20.1 Å². The fraction of sp³-hybridized carbons (Fsp3) is 0.467. The van der Waals surface area contributed by atoms with Gasteiger partial charge in [-0.2, -0.15) is 5.10 Å². The maximum Gasteiger partial charge on any atom is 0.157 e. The average molecular weight is 274 g/mol. The summed E-state index contributed by atoms with van der Waals surface area (Å²) in [7, 11) is 0. The third kappa shape index (κ3) is 4.35. The summed E-state index contributed by atoms with van der Waals surface area (Å²) in [5.74, 6) is 0.789. The van der Waals surface area contributed by atoms with E-state index in [0.717, 1.165) is 43.2 Å². The summed E-state index contributed by atoms with van der Waals surface area (Å²) in [6.45, 7) is 7.33. The van der Waals surface area contributed by atoms with E-state index in [-0.39, 0.29) is 0 Å². The van der Waals surface area contributed by atoms with Crippen LogP contribution in [0.3, 0.4) is 0 Å². The number of nitrogens with one attached hydrogen (secondary N) is 1. The summed E-state index contributed by atoms with van der Waals surface area (Å²) in [4.78, 5) is 4.55. The predicted molar refractivity (Wildman–Crippen MR) is 78.5 cm³/mol. The molecule has 0 fully saturated rings. The Morgan fingerprint density at radius 3 is 2.90 bits per heavy atom. The molecule has 2 aromatic heterocycles. The number of hydrogen-bond donors (Lipinski definition) is 1. The van der Waals surface area contributed by atoms with Gasteiger partial charge in [0.1, 0.15) is 6.61 Å². The van der Waals surface area contributed by atoms with Gasteiger partial charge >= 0.3 is 0 Å². The van der Waals surface area contributed by atoms with Gasteiger partial charge in [-0.25, -0.2) is 0 Å². The van der Waals surface area contributed by atoms with E-state index in [9.17, 15) is 0 Å². The second kappa shape index (κ2) is 7.65. The molecule has 0 saturated carbocycles. The third-order valence-electron chi connectivity index (χ3n) is 2.87. The Labute approximate surface area is 120 Å². The van der Waals surface area contributed by atoms with Crippen molar-refractivity contribution in [3.8, 4) is 5.75 Å². The first-order chi connectivity index (χ1) is 9.81. The highest BCUT2D eigenvalue weighted by molar-refractivity contribution is 5.14. The monoisotopic (exact) mass is 274 g/mol. The summed E-state index contributed by atoms with van der Waals surface area (Å²) < 4.78 is 7.61. The molecule has 2 heterocycles. The molecular formula is C15H22N4O. The Kier molecular flexibility index (Phi) is 5.55. The normalized spacial score (nSPS) is 10.7. The standard InChI is InChI=1S/C15H22N4O/c1-3-8-19-11-15(10-17-19)20-12-14-7-5-6-13(18-14)9-16-4-2/h5-7,10-11,16H,3-4,8-9,12H2,1-2H3. The number of ether oxygens (including phenoxy) is 1. The van der Waals surface area contributed by atoms with Gasteiger partial charge in [0, 0.05) is 13.1 Å². The summed E-state index contributed by atoms with van der Waals surface area (Å²) in [5, 5.41) is 7.50. The molecule has 5 heteroatoms. The highest BCUT2D eigenvalue weighted by Gasteiger charge is 2.02. The molecule has 2 aromatic rings. The fourth-order valence-electron chi connectivity index (χ4n) is 1.89. The van der Waals surface area contributed by atoms with Crippen molar-refractivity contribution in [3.63, 3.8) is 0 Å². The van der Waals surface area contributed by atoms with Crippen LogP contribution in [0.2, 0.25) is 0 Å². The molecule has 2 rings (SSSR count). The molecule has 108 valence electrons. The van der Waals surface area contributed by atoms with Gasteiger partial charge in [-0.3, -0.25) is 9.67 Å². The Bertz CT molecular complexity index is 524. The van der Waals surface area contributed by atoms with Crippen LogP contribution in [0.5, 0.6) is 5.75 Å². The first-order valence-corrected chi connectivity index (χ1v) is 7.12. The summed E-state index contributed by atoms with van der Waals surface area (Å²) in [5.41, 5.74) is 1.97. The molecule has 0 bridgehead atoms. The number of pyridine rings is 1. The molecular weight excluding hydrogens is 252 g/mol. The molecule has 0 aliphatic heterocycles. The SMILES string of the molecule is CCCn1cc(OCc2cccc(CNCC)n2)cn1. The number of aryl methyl sites for hydroxylation is 1. The van der Waals surface area contributed by atoms with Crippen LogP contribution >= 0.6 is 0 Å². The predicted octanol–water partition coefficient (Wildman–Crippen LogP) is 2.38. The number of rotatable bonds is 8. The quantitative estimate of drug-likeness (QED) is 0.803. The van der Waals surface area contributed by atoms with E-state index >= 15 is 0 Å². The second-order valence-corrected chi connectivity index (χ2v) is 4.63. The van der Waals surface area contributed by atoms with E-state index < -0.39 is 0 Å².